The third-order valence-corrected chi connectivity index (χ3v) is 4.06. The van der Waals surface area contributed by atoms with Gasteiger partial charge in [0.15, 0.2) is 0 Å². The van der Waals surface area contributed by atoms with Crippen molar-refractivity contribution in [1.82, 2.24) is 4.98 Å². The van der Waals surface area contributed by atoms with Crippen LogP contribution in [0.4, 0.5) is 0 Å². The lowest BCUT2D eigenvalue weighted by atomic mass is 10.1. The van der Waals surface area contributed by atoms with Crippen molar-refractivity contribution < 1.29 is 0 Å². The first-order valence-electron chi connectivity index (χ1n) is 4.37. The Hall–Kier alpha value is -0.670. The normalized spacial score (nSPS) is 10.5. The molecule has 1 aromatic heterocycles. The zero-order valence-electron chi connectivity index (χ0n) is 8.04. The third-order valence-electron chi connectivity index (χ3n) is 2.01. The number of nitrogens with zero attached hydrogens (tertiary/aromatic N) is 1. The number of thiazole rings is 1. The van der Waals surface area contributed by atoms with E-state index in [1.54, 1.807) is 11.3 Å². The van der Waals surface area contributed by atoms with Gasteiger partial charge in [0.25, 0.3) is 0 Å². The van der Waals surface area contributed by atoms with Crippen molar-refractivity contribution >= 4 is 27.3 Å². The molecule has 0 aliphatic carbocycles. The van der Waals surface area contributed by atoms with Gasteiger partial charge in [-0.15, -0.1) is 11.3 Å². The Morgan fingerprint density at radius 2 is 2.07 bits per heavy atom. The monoisotopic (exact) mass is 267 g/mol. The topological polar surface area (TPSA) is 12.9 Å². The average Bonchev–Trinajstić information content (AvgIpc) is 2.47. The highest BCUT2D eigenvalue weighted by Gasteiger charge is 2.06. The maximum atomic E-state index is 4.49. The van der Waals surface area contributed by atoms with Crippen molar-refractivity contribution in [1.29, 1.82) is 0 Å². The molecular formula is C11H10BrNS. The molecule has 0 bridgehead atoms. The quantitative estimate of drug-likeness (QED) is 0.755. The summed E-state index contributed by atoms with van der Waals surface area (Å²) in [5, 5.41) is 1.08. The summed E-state index contributed by atoms with van der Waals surface area (Å²) >= 11 is 5.17. The molecule has 0 fully saturated rings. The van der Waals surface area contributed by atoms with Gasteiger partial charge in [-0.25, -0.2) is 4.98 Å². The van der Waals surface area contributed by atoms with Crippen LogP contribution in [0.3, 0.4) is 0 Å². The summed E-state index contributed by atoms with van der Waals surface area (Å²) in [4.78, 5) is 4.49. The molecular weight excluding hydrogens is 258 g/mol. The van der Waals surface area contributed by atoms with Gasteiger partial charge in [-0.1, -0.05) is 23.8 Å². The van der Waals surface area contributed by atoms with Gasteiger partial charge < -0.3 is 0 Å². The zero-order chi connectivity index (χ0) is 10.1. The molecule has 0 radical (unpaired) electrons. The third kappa shape index (κ3) is 1.88. The Morgan fingerprint density at radius 3 is 2.64 bits per heavy atom. The number of halogens is 1. The van der Waals surface area contributed by atoms with Crippen LogP contribution in [0, 0.1) is 13.8 Å². The number of rotatable bonds is 1. The van der Waals surface area contributed by atoms with E-state index in [1.165, 1.54) is 11.1 Å². The predicted molar refractivity (Wildman–Crippen MR) is 64.7 cm³/mol. The first-order chi connectivity index (χ1) is 6.66. The Morgan fingerprint density at radius 1 is 1.29 bits per heavy atom. The van der Waals surface area contributed by atoms with E-state index in [0.717, 1.165) is 14.5 Å². The van der Waals surface area contributed by atoms with Crippen LogP contribution in [0.15, 0.2) is 28.1 Å². The largest absolute Gasteiger partial charge is 0.240 e. The highest BCUT2D eigenvalue weighted by molar-refractivity contribution is 9.11. The smallest absolute Gasteiger partial charge is 0.124 e. The van der Waals surface area contributed by atoms with Gasteiger partial charge in [0.1, 0.15) is 5.01 Å². The van der Waals surface area contributed by atoms with E-state index in [0.29, 0.717) is 0 Å². The van der Waals surface area contributed by atoms with Crippen LogP contribution >= 0.6 is 27.3 Å². The first-order valence-corrected chi connectivity index (χ1v) is 5.98. The molecule has 0 N–H and O–H groups in total. The van der Waals surface area contributed by atoms with Crippen LogP contribution in [-0.2, 0) is 0 Å². The molecule has 1 aromatic carbocycles. The van der Waals surface area contributed by atoms with Gasteiger partial charge in [-0.3, -0.25) is 0 Å². The Bertz CT molecular complexity index is 443. The molecule has 3 heteroatoms. The fraction of sp³-hybridized carbons (Fsp3) is 0.182. The van der Waals surface area contributed by atoms with E-state index >= 15 is 0 Å². The highest BCUT2D eigenvalue weighted by Crippen LogP contribution is 2.31. The summed E-state index contributed by atoms with van der Waals surface area (Å²) in [6.07, 6.45) is 0. The number of hydrogen-bond acceptors (Lipinski definition) is 2. The minimum Gasteiger partial charge on any atom is -0.240 e. The molecule has 0 spiro atoms. The molecule has 0 amide bonds. The predicted octanol–water partition coefficient (Wildman–Crippen LogP) is 4.19. The Balaban J connectivity index is 2.49. The summed E-state index contributed by atoms with van der Waals surface area (Å²) < 4.78 is 1.12. The van der Waals surface area contributed by atoms with Crippen LogP contribution in [0.1, 0.15) is 11.3 Å². The van der Waals surface area contributed by atoms with E-state index in [2.05, 4.69) is 52.1 Å². The standard InChI is InChI=1S/C11H10BrNS/c1-7-4-3-5-9(6-7)11-13-8(2)10(12)14-11/h3-6H,1-2H3. The Kier molecular flexibility index (Phi) is 2.70. The summed E-state index contributed by atoms with van der Waals surface area (Å²) in [6.45, 7) is 4.11. The molecule has 14 heavy (non-hydrogen) atoms. The molecule has 0 aliphatic heterocycles. The van der Waals surface area contributed by atoms with Gasteiger partial charge in [0.2, 0.25) is 0 Å². The highest BCUT2D eigenvalue weighted by atomic mass is 79.9. The second-order valence-electron chi connectivity index (χ2n) is 3.25. The fourth-order valence-electron chi connectivity index (χ4n) is 1.28. The van der Waals surface area contributed by atoms with Gasteiger partial charge in [0.05, 0.1) is 9.48 Å². The molecule has 2 aromatic rings. The van der Waals surface area contributed by atoms with E-state index in [1.807, 2.05) is 6.92 Å². The summed E-state index contributed by atoms with van der Waals surface area (Å²) in [5.74, 6) is 0. The second kappa shape index (κ2) is 3.83. The minimum absolute atomic E-state index is 1.06. The number of aryl methyl sites for hydroxylation is 2. The van der Waals surface area contributed by atoms with E-state index in [9.17, 15) is 0 Å². The molecule has 72 valence electrons. The van der Waals surface area contributed by atoms with Crippen molar-refractivity contribution in [3.8, 4) is 10.6 Å². The molecule has 0 saturated heterocycles. The average molecular weight is 268 g/mol. The lowest BCUT2D eigenvalue weighted by Crippen LogP contribution is -1.78. The summed E-state index contributed by atoms with van der Waals surface area (Å²) in [7, 11) is 0. The molecule has 2 rings (SSSR count). The molecule has 0 saturated carbocycles. The minimum atomic E-state index is 1.06. The molecule has 0 unspecified atom stereocenters. The van der Waals surface area contributed by atoms with Crippen molar-refractivity contribution in [2.75, 3.05) is 0 Å². The fourth-order valence-corrected chi connectivity index (χ4v) is 2.62. The zero-order valence-corrected chi connectivity index (χ0v) is 10.4. The van der Waals surface area contributed by atoms with E-state index in [-0.39, 0.29) is 0 Å². The van der Waals surface area contributed by atoms with Gasteiger partial charge in [0, 0.05) is 5.56 Å². The van der Waals surface area contributed by atoms with Crippen LogP contribution in [0.5, 0.6) is 0 Å². The van der Waals surface area contributed by atoms with Crippen LogP contribution in [0.25, 0.3) is 10.6 Å². The lowest BCUT2D eigenvalue weighted by molar-refractivity contribution is 1.25. The summed E-state index contributed by atoms with van der Waals surface area (Å²) in [5.41, 5.74) is 3.53. The van der Waals surface area contributed by atoms with Gasteiger partial charge in [-0.05, 0) is 35.8 Å². The second-order valence-corrected chi connectivity index (χ2v) is 5.56. The van der Waals surface area contributed by atoms with Gasteiger partial charge in [-0.2, -0.15) is 0 Å². The number of aromatic nitrogens is 1. The SMILES string of the molecule is Cc1cccc(-c2nc(C)c(Br)s2)c1. The van der Waals surface area contributed by atoms with Crippen LogP contribution in [0.2, 0.25) is 0 Å². The first kappa shape index (κ1) is 9.87. The van der Waals surface area contributed by atoms with Crippen molar-refractivity contribution in [3.05, 3.63) is 39.3 Å². The lowest BCUT2D eigenvalue weighted by Gasteiger charge is -1.96. The maximum Gasteiger partial charge on any atom is 0.124 e. The van der Waals surface area contributed by atoms with Crippen molar-refractivity contribution in [2.45, 2.75) is 13.8 Å². The molecule has 0 atom stereocenters. The van der Waals surface area contributed by atoms with E-state index < -0.39 is 0 Å². The number of hydrogen-bond donors (Lipinski definition) is 0. The van der Waals surface area contributed by atoms with Crippen LogP contribution < -0.4 is 0 Å². The molecule has 1 heterocycles. The van der Waals surface area contributed by atoms with Crippen molar-refractivity contribution in [2.24, 2.45) is 0 Å². The Labute approximate surface area is 95.9 Å². The van der Waals surface area contributed by atoms with E-state index in [4.69, 9.17) is 0 Å². The number of benzene rings is 1. The van der Waals surface area contributed by atoms with Crippen LogP contribution in [-0.4, -0.2) is 4.98 Å². The molecule has 1 nitrogen and oxygen atoms in total. The maximum absolute atomic E-state index is 4.49. The van der Waals surface area contributed by atoms with Gasteiger partial charge >= 0.3 is 0 Å². The molecule has 0 aliphatic rings. The van der Waals surface area contributed by atoms with Crippen molar-refractivity contribution in [3.63, 3.8) is 0 Å². The summed E-state index contributed by atoms with van der Waals surface area (Å²) in [6, 6.07) is 8.41.